The summed E-state index contributed by atoms with van der Waals surface area (Å²) in [6, 6.07) is 8.33. The number of hydrogen-bond acceptors (Lipinski definition) is 7. The number of nitrogens with zero attached hydrogens (tertiary/aromatic N) is 1. The predicted octanol–water partition coefficient (Wildman–Crippen LogP) is 3.86. The highest BCUT2D eigenvalue weighted by molar-refractivity contribution is 6.35. The number of methoxy groups -OCH3 is 1. The lowest BCUT2D eigenvalue weighted by atomic mass is 10.2. The summed E-state index contributed by atoms with van der Waals surface area (Å²) in [5.41, 5.74) is -0.424. The van der Waals surface area contributed by atoms with E-state index in [2.05, 4.69) is 5.32 Å². The summed E-state index contributed by atoms with van der Waals surface area (Å²) in [4.78, 5) is 34.5. The van der Waals surface area contributed by atoms with Crippen molar-refractivity contribution in [2.24, 2.45) is 0 Å². The Kier molecular flexibility index (Phi) is 7.63. The number of hydrogen-bond donors (Lipinski definition) is 1. The third-order valence-corrected chi connectivity index (χ3v) is 4.08. The minimum absolute atomic E-state index is 0.0901. The molecule has 2 aromatic rings. The number of halogens is 2. The number of nitrogens with one attached hydrogen (secondary N) is 1. The molecule has 0 fully saturated rings. The van der Waals surface area contributed by atoms with Crippen LogP contribution < -0.4 is 14.8 Å². The molecule has 29 heavy (non-hydrogen) atoms. The summed E-state index contributed by atoms with van der Waals surface area (Å²) in [5.74, 6) is -1.07. The summed E-state index contributed by atoms with van der Waals surface area (Å²) in [6.45, 7) is 0.743. The Morgan fingerprint density at radius 2 is 1.93 bits per heavy atom. The van der Waals surface area contributed by atoms with Gasteiger partial charge in [0.2, 0.25) is 0 Å². The molecule has 1 atom stereocenters. The van der Waals surface area contributed by atoms with E-state index in [9.17, 15) is 19.7 Å². The van der Waals surface area contributed by atoms with Crippen LogP contribution in [0.4, 0.5) is 11.4 Å². The van der Waals surface area contributed by atoms with Crippen LogP contribution in [-0.4, -0.2) is 36.6 Å². The van der Waals surface area contributed by atoms with Gasteiger partial charge in [-0.3, -0.25) is 14.9 Å². The van der Waals surface area contributed by atoms with Crippen molar-refractivity contribution in [1.82, 2.24) is 0 Å². The van der Waals surface area contributed by atoms with Crippen LogP contribution in [0.5, 0.6) is 11.5 Å². The van der Waals surface area contributed by atoms with Crippen LogP contribution in [0.3, 0.4) is 0 Å². The van der Waals surface area contributed by atoms with Gasteiger partial charge in [0.1, 0.15) is 17.2 Å². The van der Waals surface area contributed by atoms with Gasteiger partial charge >= 0.3 is 5.97 Å². The number of amides is 1. The van der Waals surface area contributed by atoms with Gasteiger partial charge in [0, 0.05) is 17.2 Å². The number of ether oxygens (including phenoxy) is 3. The van der Waals surface area contributed by atoms with Gasteiger partial charge < -0.3 is 19.5 Å². The monoisotopic (exact) mass is 442 g/mol. The molecular formula is C18H16Cl2N2O7. The SMILES string of the molecule is COc1ccc([N+](=O)[O-])c(NC(=O)COC(=O)[C@H](C)Oc2ccc(Cl)cc2Cl)c1. The summed E-state index contributed by atoms with van der Waals surface area (Å²) < 4.78 is 15.3. The van der Waals surface area contributed by atoms with E-state index in [1.165, 1.54) is 50.4 Å². The quantitative estimate of drug-likeness (QED) is 0.374. The molecule has 0 unspecified atom stereocenters. The van der Waals surface area contributed by atoms with Crippen LogP contribution in [-0.2, 0) is 14.3 Å². The molecule has 154 valence electrons. The third-order valence-electron chi connectivity index (χ3n) is 3.55. The first-order chi connectivity index (χ1) is 13.7. The zero-order valence-corrected chi connectivity index (χ0v) is 16.8. The predicted molar refractivity (Wildman–Crippen MR) is 106 cm³/mol. The van der Waals surface area contributed by atoms with Crippen molar-refractivity contribution in [3.63, 3.8) is 0 Å². The summed E-state index contributed by atoms with van der Waals surface area (Å²) >= 11 is 11.8. The molecule has 0 aliphatic rings. The van der Waals surface area contributed by atoms with Crippen LogP contribution in [0, 0.1) is 10.1 Å². The molecule has 0 saturated heterocycles. The van der Waals surface area contributed by atoms with Gasteiger partial charge in [-0.05, 0) is 31.2 Å². The normalized spacial score (nSPS) is 11.3. The number of carbonyl (C=O) groups excluding carboxylic acids is 2. The Morgan fingerprint density at radius 1 is 1.21 bits per heavy atom. The van der Waals surface area contributed by atoms with E-state index in [1.54, 1.807) is 0 Å². The molecule has 0 aromatic heterocycles. The molecule has 0 saturated carbocycles. The van der Waals surface area contributed by atoms with Gasteiger partial charge in [-0.15, -0.1) is 0 Å². The Labute approximate surface area is 175 Å². The first-order valence-electron chi connectivity index (χ1n) is 8.12. The topological polar surface area (TPSA) is 117 Å². The molecular weight excluding hydrogens is 427 g/mol. The smallest absolute Gasteiger partial charge is 0.347 e. The Balaban J connectivity index is 1.94. The van der Waals surface area contributed by atoms with E-state index in [0.717, 1.165) is 0 Å². The molecule has 0 bridgehead atoms. The van der Waals surface area contributed by atoms with Crippen molar-refractivity contribution < 1.29 is 28.7 Å². The van der Waals surface area contributed by atoms with Gasteiger partial charge in [-0.25, -0.2) is 4.79 Å². The second-order valence-corrected chi connectivity index (χ2v) is 6.47. The van der Waals surface area contributed by atoms with Crippen molar-refractivity contribution in [3.05, 3.63) is 56.6 Å². The van der Waals surface area contributed by atoms with Crippen LogP contribution in [0.25, 0.3) is 0 Å². The summed E-state index contributed by atoms with van der Waals surface area (Å²) in [7, 11) is 1.38. The van der Waals surface area contributed by atoms with E-state index in [4.69, 9.17) is 37.4 Å². The minimum atomic E-state index is -1.06. The second kappa shape index (κ2) is 9.94. The molecule has 0 radical (unpaired) electrons. The van der Waals surface area contributed by atoms with E-state index in [1.807, 2.05) is 0 Å². The van der Waals surface area contributed by atoms with Crippen LogP contribution in [0.2, 0.25) is 10.0 Å². The largest absolute Gasteiger partial charge is 0.497 e. The van der Waals surface area contributed by atoms with Crippen molar-refractivity contribution >= 4 is 46.5 Å². The number of esters is 1. The molecule has 1 amide bonds. The lowest BCUT2D eigenvalue weighted by Crippen LogP contribution is -2.30. The number of rotatable bonds is 8. The highest BCUT2D eigenvalue weighted by atomic mass is 35.5. The number of nitro benzene ring substituents is 1. The van der Waals surface area contributed by atoms with Gasteiger partial charge in [0.15, 0.2) is 12.7 Å². The average molecular weight is 443 g/mol. The molecule has 2 rings (SSSR count). The fraction of sp³-hybridized carbons (Fsp3) is 0.222. The number of anilines is 1. The number of benzene rings is 2. The van der Waals surface area contributed by atoms with E-state index in [0.29, 0.717) is 10.8 Å². The lowest BCUT2D eigenvalue weighted by molar-refractivity contribution is -0.383. The molecule has 0 aliphatic carbocycles. The maximum atomic E-state index is 12.0. The third kappa shape index (κ3) is 6.23. The summed E-state index contributed by atoms with van der Waals surface area (Å²) in [5, 5.41) is 14.0. The van der Waals surface area contributed by atoms with Crippen molar-refractivity contribution in [3.8, 4) is 11.5 Å². The lowest BCUT2D eigenvalue weighted by Gasteiger charge is -2.15. The molecule has 0 aliphatic heterocycles. The van der Waals surface area contributed by atoms with Crippen molar-refractivity contribution in [2.75, 3.05) is 19.0 Å². The zero-order valence-electron chi connectivity index (χ0n) is 15.3. The fourth-order valence-electron chi connectivity index (χ4n) is 2.15. The van der Waals surface area contributed by atoms with Gasteiger partial charge in [-0.1, -0.05) is 23.2 Å². The van der Waals surface area contributed by atoms with E-state index in [-0.39, 0.29) is 22.1 Å². The minimum Gasteiger partial charge on any atom is -0.497 e. The van der Waals surface area contributed by atoms with Gasteiger partial charge in [0.05, 0.1) is 17.1 Å². The maximum Gasteiger partial charge on any atom is 0.347 e. The van der Waals surface area contributed by atoms with Gasteiger partial charge in [-0.2, -0.15) is 0 Å². The highest BCUT2D eigenvalue weighted by Gasteiger charge is 2.21. The first kappa shape index (κ1) is 22.3. The van der Waals surface area contributed by atoms with Crippen LogP contribution >= 0.6 is 23.2 Å². The van der Waals surface area contributed by atoms with E-state index < -0.39 is 29.5 Å². The van der Waals surface area contributed by atoms with Crippen molar-refractivity contribution in [2.45, 2.75) is 13.0 Å². The number of carbonyl (C=O) groups is 2. The molecule has 0 heterocycles. The Hall–Kier alpha value is -3.04. The van der Waals surface area contributed by atoms with Gasteiger partial charge in [0.25, 0.3) is 11.6 Å². The van der Waals surface area contributed by atoms with Crippen molar-refractivity contribution in [1.29, 1.82) is 0 Å². The average Bonchev–Trinajstić information content (AvgIpc) is 2.67. The van der Waals surface area contributed by atoms with Crippen LogP contribution in [0.1, 0.15) is 6.92 Å². The molecule has 11 heteroatoms. The summed E-state index contributed by atoms with van der Waals surface area (Å²) in [6.07, 6.45) is -1.06. The first-order valence-corrected chi connectivity index (χ1v) is 8.87. The van der Waals surface area contributed by atoms with E-state index >= 15 is 0 Å². The van der Waals surface area contributed by atoms with Crippen LogP contribution in [0.15, 0.2) is 36.4 Å². The Bertz CT molecular complexity index is 936. The molecule has 2 aromatic carbocycles. The number of nitro groups is 1. The molecule has 9 nitrogen and oxygen atoms in total. The highest BCUT2D eigenvalue weighted by Crippen LogP contribution is 2.29. The molecule has 1 N–H and O–H groups in total. The second-order valence-electron chi connectivity index (χ2n) is 5.63. The standard InChI is InChI=1S/C18H16Cl2N2O7/c1-10(29-16-6-3-11(19)7-13(16)20)18(24)28-9-17(23)21-14-8-12(27-2)4-5-15(14)22(25)26/h3-8,10H,9H2,1-2H3,(H,21,23)/t10-/m0/s1. The zero-order chi connectivity index (χ0) is 21.6. The molecule has 0 spiro atoms. The Morgan fingerprint density at radius 3 is 2.55 bits per heavy atom. The fourth-order valence-corrected chi connectivity index (χ4v) is 2.60. The maximum absolute atomic E-state index is 12.0.